The Kier molecular flexibility index (Phi) is 4.10. The third kappa shape index (κ3) is 2.49. The van der Waals surface area contributed by atoms with Gasteiger partial charge in [-0.1, -0.05) is 6.92 Å². The SMILES string of the molecule is CC/C(=N\C)N(C)CC. The van der Waals surface area contributed by atoms with Crippen molar-refractivity contribution in [3.8, 4) is 0 Å². The zero-order valence-corrected chi connectivity index (χ0v) is 6.81. The highest BCUT2D eigenvalue weighted by Gasteiger charge is 1.97. The first-order valence-corrected chi connectivity index (χ1v) is 3.43. The van der Waals surface area contributed by atoms with E-state index in [1.165, 1.54) is 5.84 Å². The monoisotopic (exact) mass is 128 g/mol. The molecule has 0 N–H and O–H groups in total. The topological polar surface area (TPSA) is 15.6 Å². The molecular weight excluding hydrogens is 112 g/mol. The van der Waals surface area contributed by atoms with Crippen LogP contribution in [0.1, 0.15) is 20.3 Å². The van der Waals surface area contributed by atoms with Crippen LogP contribution in [0.15, 0.2) is 4.99 Å². The summed E-state index contributed by atoms with van der Waals surface area (Å²) < 4.78 is 0. The zero-order chi connectivity index (χ0) is 7.28. The fourth-order valence-corrected chi connectivity index (χ4v) is 0.781. The van der Waals surface area contributed by atoms with Crippen LogP contribution in [0.2, 0.25) is 0 Å². The molecule has 0 heterocycles. The van der Waals surface area contributed by atoms with Gasteiger partial charge in [0.25, 0.3) is 0 Å². The van der Waals surface area contributed by atoms with Gasteiger partial charge in [-0.15, -0.1) is 0 Å². The maximum atomic E-state index is 4.12. The Balaban J connectivity index is 3.80. The summed E-state index contributed by atoms with van der Waals surface area (Å²) in [5.41, 5.74) is 0. The highest BCUT2D eigenvalue weighted by Crippen LogP contribution is 1.90. The third-order valence-electron chi connectivity index (χ3n) is 1.49. The van der Waals surface area contributed by atoms with Crippen molar-refractivity contribution < 1.29 is 0 Å². The summed E-state index contributed by atoms with van der Waals surface area (Å²) in [6.45, 7) is 5.29. The summed E-state index contributed by atoms with van der Waals surface area (Å²) >= 11 is 0. The second kappa shape index (κ2) is 4.36. The molecule has 2 nitrogen and oxygen atoms in total. The molecule has 0 aliphatic heterocycles. The normalized spacial score (nSPS) is 11.8. The Hall–Kier alpha value is -0.530. The molecule has 2 heteroatoms. The highest BCUT2D eigenvalue weighted by molar-refractivity contribution is 5.81. The predicted molar refractivity (Wildman–Crippen MR) is 42.0 cm³/mol. The molecule has 0 fully saturated rings. The summed E-state index contributed by atoms with van der Waals surface area (Å²) in [5, 5.41) is 0. The fraction of sp³-hybridized carbons (Fsp3) is 0.857. The van der Waals surface area contributed by atoms with Gasteiger partial charge in [0.1, 0.15) is 0 Å². The lowest BCUT2D eigenvalue weighted by Crippen LogP contribution is -2.25. The van der Waals surface area contributed by atoms with Gasteiger partial charge in [-0.25, -0.2) is 0 Å². The molecule has 0 saturated heterocycles. The Morgan fingerprint density at radius 3 is 2.11 bits per heavy atom. The standard InChI is InChI=1S/C7H16N2/c1-5-7(8-3)9(4)6-2/h5-6H2,1-4H3/b8-7+. The Bertz CT molecular complexity index is 97.1. The molecule has 0 aromatic heterocycles. The number of hydrogen-bond acceptors (Lipinski definition) is 1. The highest BCUT2D eigenvalue weighted by atomic mass is 15.1. The van der Waals surface area contributed by atoms with Crippen LogP contribution < -0.4 is 0 Å². The Labute approximate surface area is 57.6 Å². The summed E-state index contributed by atoms with van der Waals surface area (Å²) in [6.07, 6.45) is 1.03. The van der Waals surface area contributed by atoms with Gasteiger partial charge < -0.3 is 4.90 Å². The first kappa shape index (κ1) is 8.47. The van der Waals surface area contributed by atoms with E-state index in [1.807, 2.05) is 7.05 Å². The van der Waals surface area contributed by atoms with E-state index in [1.54, 1.807) is 0 Å². The van der Waals surface area contributed by atoms with Crippen molar-refractivity contribution in [3.63, 3.8) is 0 Å². The smallest absolute Gasteiger partial charge is 0.0979 e. The molecule has 0 bridgehead atoms. The maximum Gasteiger partial charge on any atom is 0.0979 e. The molecule has 0 radical (unpaired) electrons. The minimum atomic E-state index is 1.03. The van der Waals surface area contributed by atoms with E-state index in [0.717, 1.165) is 13.0 Å². The zero-order valence-electron chi connectivity index (χ0n) is 6.81. The van der Waals surface area contributed by atoms with Crippen LogP contribution in [-0.2, 0) is 0 Å². The van der Waals surface area contributed by atoms with Gasteiger partial charge in [0.2, 0.25) is 0 Å². The summed E-state index contributed by atoms with van der Waals surface area (Å²) in [5.74, 6) is 1.18. The van der Waals surface area contributed by atoms with Crippen molar-refractivity contribution in [3.05, 3.63) is 0 Å². The van der Waals surface area contributed by atoms with Crippen molar-refractivity contribution >= 4 is 5.84 Å². The van der Waals surface area contributed by atoms with Crippen molar-refractivity contribution in [2.75, 3.05) is 20.6 Å². The molecule has 0 unspecified atom stereocenters. The maximum absolute atomic E-state index is 4.12. The lowest BCUT2D eigenvalue weighted by molar-refractivity contribution is 0.523. The lowest BCUT2D eigenvalue weighted by atomic mass is 10.4. The number of hydrogen-bond donors (Lipinski definition) is 0. The number of nitrogens with zero attached hydrogens (tertiary/aromatic N) is 2. The molecule has 54 valence electrons. The molecule has 0 amide bonds. The van der Waals surface area contributed by atoms with Crippen molar-refractivity contribution in [1.82, 2.24) is 4.90 Å². The van der Waals surface area contributed by atoms with Gasteiger partial charge in [0.05, 0.1) is 5.84 Å². The molecule has 9 heavy (non-hydrogen) atoms. The van der Waals surface area contributed by atoms with Gasteiger partial charge in [-0.2, -0.15) is 0 Å². The van der Waals surface area contributed by atoms with Crippen molar-refractivity contribution in [1.29, 1.82) is 0 Å². The quantitative estimate of drug-likeness (QED) is 0.405. The largest absolute Gasteiger partial charge is 0.364 e. The van der Waals surface area contributed by atoms with E-state index >= 15 is 0 Å². The van der Waals surface area contributed by atoms with Crippen LogP contribution >= 0.6 is 0 Å². The van der Waals surface area contributed by atoms with Crippen LogP contribution in [0, 0.1) is 0 Å². The third-order valence-corrected chi connectivity index (χ3v) is 1.49. The minimum Gasteiger partial charge on any atom is -0.364 e. The summed E-state index contributed by atoms with van der Waals surface area (Å²) in [6, 6.07) is 0. The average Bonchev–Trinajstić information content (AvgIpc) is 1.90. The van der Waals surface area contributed by atoms with Gasteiger partial charge in [0, 0.05) is 27.1 Å². The second-order valence-electron chi connectivity index (χ2n) is 2.01. The van der Waals surface area contributed by atoms with Crippen molar-refractivity contribution in [2.24, 2.45) is 4.99 Å². The molecule has 0 aromatic rings. The van der Waals surface area contributed by atoms with Crippen LogP contribution in [0.25, 0.3) is 0 Å². The van der Waals surface area contributed by atoms with Crippen LogP contribution in [-0.4, -0.2) is 31.4 Å². The lowest BCUT2D eigenvalue weighted by Gasteiger charge is -2.16. The number of aliphatic imine (C=N–C) groups is 1. The van der Waals surface area contributed by atoms with Crippen LogP contribution in [0.4, 0.5) is 0 Å². The molecule has 0 saturated carbocycles. The molecule has 0 atom stereocenters. The van der Waals surface area contributed by atoms with Gasteiger partial charge in [-0.3, -0.25) is 4.99 Å². The van der Waals surface area contributed by atoms with E-state index in [2.05, 4.69) is 30.8 Å². The molecule has 0 aliphatic rings. The van der Waals surface area contributed by atoms with E-state index in [-0.39, 0.29) is 0 Å². The second-order valence-corrected chi connectivity index (χ2v) is 2.01. The van der Waals surface area contributed by atoms with E-state index in [9.17, 15) is 0 Å². The molecular formula is C7H16N2. The fourth-order valence-electron chi connectivity index (χ4n) is 0.781. The van der Waals surface area contributed by atoms with Gasteiger partial charge in [-0.05, 0) is 6.92 Å². The van der Waals surface area contributed by atoms with Gasteiger partial charge in [0.15, 0.2) is 0 Å². The molecule has 0 aliphatic carbocycles. The number of rotatable bonds is 2. The van der Waals surface area contributed by atoms with E-state index in [0.29, 0.717) is 0 Å². The molecule has 0 aromatic carbocycles. The summed E-state index contributed by atoms with van der Waals surface area (Å²) in [4.78, 5) is 6.27. The molecule has 0 spiro atoms. The minimum absolute atomic E-state index is 1.03. The first-order chi connectivity index (χ1) is 4.26. The predicted octanol–water partition coefficient (Wildman–Crippen LogP) is 1.38. The Morgan fingerprint density at radius 2 is 2.00 bits per heavy atom. The van der Waals surface area contributed by atoms with Crippen LogP contribution in [0.3, 0.4) is 0 Å². The Morgan fingerprint density at radius 1 is 1.44 bits per heavy atom. The van der Waals surface area contributed by atoms with Gasteiger partial charge >= 0.3 is 0 Å². The molecule has 0 rings (SSSR count). The van der Waals surface area contributed by atoms with E-state index in [4.69, 9.17) is 0 Å². The summed E-state index contributed by atoms with van der Waals surface area (Å²) in [7, 11) is 3.90. The van der Waals surface area contributed by atoms with Crippen molar-refractivity contribution in [2.45, 2.75) is 20.3 Å². The average molecular weight is 128 g/mol. The number of amidine groups is 1. The van der Waals surface area contributed by atoms with Crippen LogP contribution in [0.5, 0.6) is 0 Å². The first-order valence-electron chi connectivity index (χ1n) is 3.43. The van der Waals surface area contributed by atoms with E-state index < -0.39 is 0 Å².